The number of thioether (sulfide) groups is 1. The Morgan fingerprint density at radius 1 is 1.19 bits per heavy atom. The van der Waals surface area contributed by atoms with Crippen molar-refractivity contribution in [3.05, 3.63) is 35.9 Å². The minimum Gasteiger partial charge on any atom is -0.381 e. The number of piperidine rings is 2. The SMILES string of the molecule is CCNC(=NCC1(SC)CCOCC1)N1CCC2C(CCCN2Cc2ccccc2)C1.I. The lowest BCUT2D eigenvalue weighted by molar-refractivity contribution is 0.0371. The topological polar surface area (TPSA) is 40.1 Å². The molecule has 2 atom stereocenters. The number of hydrogen-bond donors (Lipinski definition) is 1. The zero-order valence-electron chi connectivity index (χ0n) is 19.8. The summed E-state index contributed by atoms with van der Waals surface area (Å²) < 4.78 is 5.86. The van der Waals surface area contributed by atoms with Crippen LogP contribution in [0.3, 0.4) is 0 Å². The molecule has 2 unspecified atom stereocenters. The fourth-order valence-electron chi connectivity index (χ4n) is 5.53. The Morgan fingerprint density at radius 3 is 2.69 bits per heavy atom. The maximum atomic E-state index is 5.62. The van der Waals surface area contributed by atoms with Crippen LogP contribution in [0.25, 0.3) is 0 Å². The van der Waals surface area contributed by atoms with E-state index in [9.17, 15) is 0 Å². The van der Waals surface area contributed by atoms with E-state index >= 15 is 0 Å². The maximum absolute atomic E-state index is 5.62. The Labute approximate surface area is 216 Å². The molecule has 3 heterocycles. The van der Waals surface area contributed by atoms with Gasteiger partial charge in [-0.2, -0.15) is 11.8 Å². The largest absolute Gasteiger partial charge is 0.381 e. The molecule has 0 radical (unpaired) electrons. The van der Waals surface area contributed by atoms with Crippen LogP contribution in [0.2, 0.25) is 0 Å². The Morgan fingerprint density at radius 2 is 1.97 bits per heavy atom. The number of ether oxygens (including phenoxy) is 1. The average molecular weight is 573 g/mol. The monoisotopic (exact) mass is 572 g/mol. The van der Waals surface area contributed by atoms with Crippen LogP contribution in [-0.2, 0) is 11.3 Å². The number of likely N-dealkylation sites (tertiary alicyclic amines) is 2. The summed E-state index contributed by atoms with van der Waals surface area (Å²) in [6.45, 7) is 10.3. The third-order valence-electron chi connectivity index (χ3n) is 7.40. The fourth-order valence-corrected chi connectivity index (χ4v) is 6.30. The highest BCUT2D eigenvalue weighted by Gasteiger charge is 2.37. The molecule has 0 spiro atoms. The Kier molecular flexibility index (Phi) is 10.5. The summed E-state index contributed by atoms with van der Waals surface area (Å²) in [7, 11) is 0. The molecule has 4 rings (SSSR count). The first kappa shape index (κ1) is 26.1. The summed E-state index contributed by atoms with van der Waals surface area (Å²) in [5.41, 5.74) is 1.44. The van der Waals surface area contributed by atoms with E-state index in [1.165, 1.54) is 31.4 Å². The van der Waals surface area contributed by atoms with Crippen molar-refractivity contribution in [3.8, 4) is 0 Å². The van der Waals surface area contributed by atoms with E-state index in [2.05, 4.69) is 58.6 Å². The zero-order valence-corrected chi connectivity index (χ0v) is 22.9. The van der Waals surface area contributed by atoms with Crippen molar-refractivity contribution < 1.29 is 4.74 Å². The molecule has 180 valence electrons. The van der Waals surface area contributed by atoms with E-state index in [-0.39, 0.29) is 28.7 Å². The molecule has 1 aromatic carbocycles. The highest BCUT2D eigenvalue weighted by Crippen LogP contribution is 2.35. The highest BCUT2D eigenvalue weighted by atomic mass is 127. The van der Waals surface area contributed by atoms with Gasteiger partial charge in [0.05, 0.1) is 6.54 Å². The lowest BCUT2D eigenvalue weighted by Gasteiger charge is -2.48. The number of fused-ring (bicyclic) bond motifs is 1. The van der Waals surface area contributed by atoms with Crippen LogP contribution >= 0.6 is 35.7 Å². The average Bonchev–Trinajstić information content (AvgIpc) is 2.83. The number of guanidine groups is 1. The number of hydrogen-bond acceptors (Lipinski definition) is 4. The predicted molar refractivity (Wildman–Crippen MR) is 147 cm³/mol. The van der Waals surface area contributed by atoms with E-state index in [0.717, 1.165) is 70.7 Å². The van der Waals surface area contributed by atoms with Gasteiger partial charge in [-0.3, -0.25) is 9.89 Å². The lowest BCUT2D eigenvalue weighted by atomic mass is 9.83. The fraction of sp³-hybridized carbons (Fsp3) is 0.720. The first-order valence-electron chi connectivity index (χ1n) is 12.2. The molecule has 0 aliphatic carbocycles. The Hall–Kier alpha value is -0.510. The maximum Gasteiger partial charge on any atom is 0.193 e. The number of aliphatic imine (C=N–C) groups is 1. The van der Waals surface area contributed by atoms with Gasteiger partial charge in [-0.25, -0.2) is 0 Å². The van der Waals surface area contributed by atoms with Crippen LogP contribution in [-0.4, -0.2) is 78.7 Å². The van der Waals surface area contributed by atoms with Gasteiger partial charge >= 0.3 is 0 Å². The second-order valence-electron chi connectivity index (χ2n) is 9.33. The zero-order chi connectivity index (χ0) is 21.5. The van der Waals surface area contributed by atoms with Gasteiger partial charge in [0.2, 0.25) is 0 Å². The van der Waals surface area contributed by atoms with Gasteiger partial charge in [0, 0.05) is 50.2 Å². The standard InChI is InChI=1S/C25H40N4OS.HI/c1-3-26-24(27-20-25(31-2)12-16-30-17-13-25)29-15-11-23-22(19-29)10-7-14-28(23)18-21-8-5-4-6-9-21;/h4-6,8-9,22-23H,3,7,10-20H2,1-2H3,(H,26,27);1H. The third-order valence-corrected chi connectivity index (χ3v) is 8.80. The molecule has 3 fully saturated rings. The molecule has 0 aromatic heterocycles. The molecule has 5 nitrogen and oxygen atoms in total. The van der Waals surface area contributed by atoms with Crippen molar-refractivity contribution in [1.29, 1.82) is 0 Å². The Balaban J connectivity index is 0.00000289. The molecule has 7 heteroatoms. The van der Waals surface area contributed by atoms with E-state index in [1.807, 2.05) is 11.8 Å². The van der Waals surface area contributed by atoms with E-state index in [1.54, 1.807) is 0 Å². The molecule has 3 saturated heterocycles. The molecule has 32 heavy (non-hydrogen) atoms. The van der Waals surface area contributed by atoms with Crippen molar-refractivity contribution in [1.82, 2.24) is 15.1 Å². The number of benzene rings is 1. The smallest absolute Gasteiger partial charge is 0.193 e. The second-order valence-corrected chi connectivity index (χ2v) is 10.6. The van der Waals surface area contributed by atoms with Crippen LogP contribution < -0.4 is 5.32 Å². The van der Waals surface area contributed by atoms with Crippen molar-refractivity contribution in [2.45, 2.75) is 56.4 Å². The number of halogens is 1. The van der Waals surface area contributed by atoms with Crippen LogP contribution in [0.4, 0.5) is 0 Å². The van der Waals surface area contributed by atoms with Crippen molar-refractivity contribution in [2.75, 3.05) is 52.2 Å². The molecule has 0 bridgehead atoms. The van der Waals surface area contributed by atoms with Gasteiger partial charge in [0.25, 0.3) is 0 Å². The summed E-state index contributed by atoms with van der Waals surface area (Å²) in [6, 6.07) is 11.7. The van der Waals surface area contributed by atoms with Crippen LogP contribution in [0.5, 0.6) is 0 Å². The van der Waals surface area contributed by atoms with Crippen LogP contribution in [0.1, 0.15) is 44.6 Å². The van der Waals surface area contributed by atoms with Crippen molar-refractivity contribution in [2.24, 2.45) is 10.9 Å². The van der Waals surface area contributed by atoms with Crippen LogP contribution in [0.15, 0.2) is 35.3 Å². The van der Waals surface area contributed by atoms with Crippen molar-refractivity contribution >= 4 is 41.7 Å². The molecule has 1 aromatic rings. The van der Waals surface area contributed by atoms with Gasteiger partial charge in [0.1, 0.15) is 0 Å². The van der Waals surface area contributed by atoms with Gasteiger partial charge in [-0.15, -0.1) is 24.0 Å². The summed E-state index contributed by atoms with van der Waals surface area (Å²) in [5.74, 6) is 1.87. The quantitative estimate of drug-likeness (QED) is 0.310. The van der Waals surface area contributed by atoms with Gasteiger partial charge in [-0.05, 0) is 63.3 Å². The summed E-state index contributed by atoms with van der Waals surface area (Å²) >= 11 is 1.98. The number of rotatable bonds is 6. The molecule has 1 N–H and O–H groups in total. The van der Waals surface area contributed by atoms with Crippen molar-refractivity contribution in [3.63, 3.8) is 0 Å². The molecular formula is C25H41IN4OS. The minimum atomic E-state index is 0. The number of nitrogens with zero attached hydrogens (tertiary/aromatic N) is 3. The van der Waals surface area contributed by atoms with E-state index in [0.29, 0.717) is 6.04 Å². The lowest BCUT2D eigenvalue weighted by Crippen LogP contribution is -2.56. The Bertz CT molecular complexity index is 713. The second kappa shape index (κ2) is 12.8. The normalized spacial score (nSPS) is 26.2. The summed E-state index contributed by atoms with van der Waals surface area (Å²) in [4.78, 5) is 10.5. The van der Waals surface area contributed by atoms with E-state index in [4.69, 9.17) is 9.73 Å². The molecule has 3 aliphatic rings. The van der Waals surface area contributed by atoms with Gasteiger partial charge in [0.15, 0.2) is 5.96 Å². The molecular weight excluding hydrogens is 531 g/mol. The summed E-state index contributed by atoms with van der Waals surface area (Å²) in [6.07, 6.45) is 8.35. The van der Waals surface area contributed by atoms with Gasteiger partial charge < -0.3 is 15.0 Å². The first-order chi connectivity index (χ1) is 15.2. The molecule has 0 amide bonds. The first-order valence-corrected chi connectivity index (χ1v) is 13.4. The van der Waals surface area contributed by atoms with Gasteiger partial charge in [-0.1, -0.05) is 30.3 Å². The minimum absolute atomic E-state index is 0. The third kappa shape index (κ3) is 6.54. The molecule has 0 saturated carbocycles. The highest BCUT2D eigenvalue weighted by molar-refractivity contribution is 14.0. The number of nitrogens with one attached hydrogen (secondary N) is 1. The molecule has 3 aliphatic heterocycles. The van der Waals surface area contributed by atoms with Crippen LogP contribution in [0, 0.1) is 5.92 Å². The predicted octanol–water partition coefficient (Wildman–Crippen LogP) is 4.47. The van der Waals surface area contributed by atoms with E-state index < -0.39 is 0 Å². The summed E-state index contributed by atoms with van der Waals surface area (Å²) in [5, 5.41) is 3.60.